The zero-order valence-electron chi connectivity index (χ0n) is 36.4. The van der Waals surface area contributed by atoms with Gasteiger partial charge in [-0.15, -0.1) is 10.2 Å². The molecule has 16 heteroatoms. The summed E-state index contributed by atoms with van der Waals surface area (Å²) in [6.45, 7) is 7.80. The number of nitrogens with zero attached hydrogens (tertiary/aromatic N) is 5. The molecular weight excluding hydrogens is 854 g/mol. The molecule has 0 saturated heterocycles. The molecule has 0 saturated carbocycles. The first-order chi connectivity index (χ1) is 31.6. The lowest BCUT2D eigenvalue weighted by atomic mass is 9.87. The van der Waals surface area contributed by atoms with Crippen LogP contribution in [0, 0.1) is 5.41 Å². The van der Waals surface area contributed by atoms with Gasteiger partial charge in [0.05, 0.1) is 29.4 Å². The number of nitrogens with one attached hydrogen (secondary N) is 3. The Hall–Kier alpha value is -7.68. The van der Waals surface area contributed by atoms with Gasteiger partial charge in [0, 0.05) is 39.1 Å². The molecule has 0 bridgehead atoms. The van der Waals surface area contributed by atoms with Crippen LogP contribution in [0.2, 0.25) is 0 Å². The number of benzene rings is 6. The fourth-order valence-electron chi connectivity index (χ4n) is 7.52. The van der Waals surface area contributed by atoms with Crippen LogP contribution in [-0.4, -0.2) is 65.0 Å². The van der Waals surface area contributed by atoms with Gasteiger partial charge in [0.2, 0.25) is 11.7 Å². The number of hydrogen-bond acceptors (Lipinski definition) is 10. The number of amides is 2. The highest BCUT2D eigenvalue weighted by Crippen LogP contribution is 2.39. The molecule has 332 valence electrons. The van der Waals surface area contributed by atoms with E-state index >= 15 is 0 Å². The summed E-state index contributed by atoms with van der Waals surface area (Å²) >= 11 is 0. The number of pyridine rings is 2. The summed E-state index contributed by atoms with van der Waals surface area (Å²) in [4.78, 5) is 52.8. The Morgan fingerprint density at radius 3 is 1.85 bits per heavy atom. The molecule has 7 N–H and O–H groups in total. The van der Waals surface area contributed by atoms with Gasteiger partial charge >= 0.3 is 13.7 Å². The fourth-order valence-corrected chi connectivity index (χ4v) is 7.87. The Bertz CT molecular complexity index is 3340. The number of fused-ring (bicyclic) bond motifs is 4. The van der Waals surface area contributed by atoms with Crippen molar-refractivity contribution in [2.45, 2.75) is 33.7 Å². The zero-order chi connectivity index (χ0) is 46.6. The van der Waals surface area contributed by atoms with E-state index in [1.807, 2.05) is 130 Å². The van der Waals surface area contributed by atoms with Gasteiger partial charge in [0.25, 0.3) is 0 Å². The molecule has 0 aliphatic rings. The largest absolute Gasteiger partial charge is 0.450 e. The molecule has 9 aromatic rings. The number of nitrogens with two attached hydrogens (primary N) is 1. The van der Waals surface area contributed by atoms with E-state index in [1.54, 1.807) is 13.0 Å². The zero-order valence-corrected chi connectivity index (χ0v) is 37.3. The summed E-state index contributed by atoms with van der Waals surface area (Å²) in [6, 6.07) is 42.3. The average molecular weight is 900 g/mol. The van der Waals surface area contributed by atoms with Crippen molar-refractivity contribution in [1.29, 1.82) is 0 Å². The highest BCUT2D eigenvalue weighted by Gasteiger charge is 2.28. The molecule has 0 aliphatic heterocycles. The average Bonchev–Trinajstić information content (AvgIpc) is 3.85. The molecule has 0 radical (unpaired) electrons. The van der Waals surface area contributed by atoms with Crippen LogP contribution in [-0.2, 0) is 14.1 Å². The molecule has 6 aromatic carbocycles. The third kappa shape index (κ3) is 10.1. The van der Waals surface area contributed by atoms with Crippen molar-refractivity contribution in [3.05, 3.63) is 145 Å². The monoisotopic (exact) mass is 899 g/mol. The molecule has 0 spiro atoms. The third-order valence-electron chi connectivity index (χ3n) is 10.8. The van der Waals surface area contributed by atoms with Crippen molar-refractivity contribution in [3.8, 4) is 33.8 Å². The van der Waals surface area contributed by atoms with Gasteiger partial charge in [-0.3, -0.25) is 14.7 Å². The number of carbonyl (C=O) groups excluding carboxylic acids is 2. The second-order valence-corrected chi connectivity index (χ2v) is 18.0. The molecule has 66 heavy (non-hydrogen) atoms. The van der Waals surface area contributed by atoms with Crippen molar-refractivity contribution >= 4 is 80.4 Å². The minimum absolute atomic E-state index is 0.283. The van der Waals surface area contributed by atoms with Gasteiger partial charge < -0.3 is 25.6 Å². The van der Waals surface area contributed by atoms with Gasteiger partial charge in [0.1, 0.15) is 5.69 Å². The van der Waals surface area contributed by atoms with Crippen LogP contribution in [0.5, 0.6) is 0 Å². The molecule has 2 amide bonds. The number of rotatable bonds is 9. The smallest absolute Gasteiger partial charge is 0.411 e. The van der Waals surface area contributed by atoms with Crippen LogP contribution in [0.4, 0.5) is 16.2 Å². The summed E-state index contributed by atoms with van der Waals surface area (Å²) in [5.74, 6) is 0.968. The molecule has 3 aromatic heterocycles. The summed E-state index contributed by atoms with van der Waals surface area (Å²) in [5.41, 5.74) is 13.0. The van der Waals surface area contributed by atoms with E-state index in [0.29, 0.717) is 40.7 Å². The van der Waals surface area contributed by atoms with E-state index in [-0.39, 0.29) is 5.91 Å². The number of aromatic amines is 1. The molecule has 1 unspecified atom stereocenters. The quantitative estimate of drug-likeness (QED) is 0.0743. The first-order valence-corrected chi connectivity index (χ1v) is 22.7. The Balaban J connectivity index is 0.000000181. The maximum absolute atomic E-state index is 12.9. The standard InChI is InChI=1S/C27H28N3O4P.C23H18N6O2/c1-27(2,3)25(28)26(31)30-20-15-18-11-12-19(13-14-35(32,33)34)29-24(18)23(16-20)22-10-6-8-17-7-4-5-9-21(17)22;1-2-31-23(30)24-16-12-15-10-11-20(22-26-28-29-27-22)25-21(15)19(13-16)18-9-5-7-14-6-3-4-8-17(14)18/h4-16,25H,28H2,1-3H3,(H,30,31)(H2,32,33,34);3-13H,2H2,1H3,(H,24,30)(H,26,27,28,29)/b14-13+;. The minimum atomic E-state index is -4.32. The van der Waals surface area contributed by atoms with Gasteiger partial charge in [-0.25, -0.2) is 14.8 Å². The second kappa shape index (κ2) is 18.8. The Morgan fingerprint density at radius 2 is 1.29 bits per heavy atom. The summed E-state index contributed by atoms with van der Waals surface area (Å²) in [6.07, 6.45) is 0.813. The number of tetrazole rings is 1. The molecule has 3 heterocycles. The van der Waals surface area contributed by atoms with Gasteiger partial charge in [-0.2, -0.15) is 5.21 Å². The molecule has 0 fully saturated rings. The van der Waals surface area contributed by atoms with Crippen LogP contribution in [0.1, 0.15) is 33.4 Å². The highest BCUT2D eigenvalue weighted by atomic mass is 31.2. The lowest BCUT2D eigenvalue weighted by Crippen LogP contribution is -2.45. The van der Waals surface area contributed by atoms with Crippen molar-refractivity contribution in [2.24, 2.45) is 11.1 Å². The van der Waals surface area contributed by atoms with Crippen LogP contribution < -0.4 is 16.4 Å². The SMILES string of the molecule is CC(C)(C)C(N)C(=O)Nc1cc(-c2cccc3ccccc23)c2nc(/C=C/P(=O)(O)O)ccc2c1.CCOC(=O)Nc1cc(-c2cccc3ccccc23)c2nc(-c3nn[nH]n3)ccc2c1. The number of H-pyrrole nitrogens is 1. The van der Waals surface area contributed by atoms with Crippen molar-refractivity contribution in [2.75, 3.05) is 17.2 Å². The number of carbonyl (C=O) groups is 2. The highest BCUT2D eigenvalue weighted by molar-refractivity contribution is 7.55. The van der Waals surface area contributed by atoms with Gasteiger partial charge in [0.15, 0.2) is 0 Å². The maximum Gasteiger partial charge on any atom is 0.411 e. The van der Waals surface area contributed by atoms with E-state index in [9.17, 15) is 23.9 Å². The number of ether oxygens (including phenoxy) is 1. The summed E-state index contributed by atoms with van der Waals surface area (Å²) < 4.78 is 16.4. The maximum atomic E-state index is 12.9. The first kappa shape index (κ1) is 44.9. The lowest BCUT2D eigenvalue weighted by molar-refractivity contribution is -0.119. The Kier molecular flexibility index (Phi) is 12.8. The van der Waals surface area contributed by atoms with Crippen LogP contribution in [0.3, 0.4) is 0 Å². The Morgan fingerprint density at radius 1 is 0.727 bits per heavy atom. The van der Waals surface area contributed by atoms with Crippen LogP contribution >= 0.6 is 7.60 Å². The van der Waals surface area contributed by atoms with Crippen molar-refractivity contribution < 1.29 is 28.7 Å². The normalized spacial score (nSPS) is 12.3. The lowest BCUT2D eigenvalue weighted by Gasteiger charge is -2.26. The van der Waals surface area contributed by atoms with Crippen LogP contribution in [0.25, 0.3) is 83.2 Å². The van der Waals surface area contributed by atoms with Crippen molar-refractivity contribution in [1.82, 2.24) is 30.6 Å². The van der Waals surface area contributed by atoms with E-state index in [1.165, 1.54) is 6.08 Å². The Labute approximate surface area is 379 Å². The molecule has 9 rings (SSSR count). The van der Waals surface area contributed by atoms with Gasteiger partial charge in [-0.1, -0.05) is 118 Å². The van der Waals surface area contributed by atoms with Crippen molar-refractivity contribution in [3.63, 3.8) is 0 Å². The number of aromatic nitrogens is 6. The third-order valence-corrected chi connectivity index (χ3v) is 11.3. The summed E-state index contributed by atoms with van der Waals surface area (Å²) in [7, 11) is -4.32. The predicted octanol–water partition coefficient (Wildman–Crippen LogP) is 10.3. The first-order valence-electron chi connectivity index (χ1n) is 21.0. The molecule has 15 nitrogen and oxygen atoms in total. The molecule has 0 aliphatic carbocycles. The predicted molar refractivity (Wildman–Crippen MR) is 260 cm³/mol. The number of anilines is 2. The minimum Gasteiger partial charge on any atom is -0.450 e. The second-order valence-electron chi connectivity index (χ2n) is 16.5. The molecule has 1 atom stereocenters. The van der Waals surface area contributed by atoms with E-state index in [2.05, 4.69) is 54.4 Å². The van der Waals surface area contributed by atoms with Gasteiger partial charge in [-0.05, 0) is 92.7 Å². The van der Waals surface area contributed by atoms with E-state index < -0.39 is 25.1 Å². The molecular formula is C50H46N9O6P. The van der Waals surface area contributed by atoms with E-state index in [4.69, 9.17) is 15.5 Å². The number of hydrogen-bond donors (Lipinski definition) is 6. The fraction of sp³-hybridized carbons (Fsp3) is 0.140. The topological polar surface area (TPSA) is 231 Å². The van der Waals surface area contributed by atoms with Crippen LogP contribution in [0.15, 0.2) is 139 Å². The summed E-state index contributed by atoms with van der Waals surface area (Å²) in [5, 5.41) is 25.8. The van der Waals surface area contributed by atoms with E-state index in [0.717, 1.165) is 65.9 Å².